The molecule has 3 heteroatoms. The van der Waals surface area contributed by atoms with Gasteiger partial charge in [-0.1, -0.05) is 45.9 Å². The van der Waals surface area contributed by atoms with E-state index in [9.17, 15) is 0 Å². The van der Waals surface area contributed by atoms with Crippen LogP contribution in [0.4, 0.5) is 0 Å². The van der Waals surface area contributed by atoms with Gasteiger partial charge >= 0.3 is 0 Å². The van der Waals surface area contributed by atoms with Crippen LogP contribution in [0.1, 0.15) is 5.56 Å². The first-order valence-corrected chi connectivity index (χ1v) is 6.72. The molecule has 1 N–H and O–H groups in total. The lowest BCUT2D eigenvalue weighted by atomic mass is 10.2. The predicted molar refractivity (Wildman–Crippen MR) is 61.0 cm³/mol. The van der Waals surface area contributed by atoms with Crippen molar-refractivity contribution in [3.05, 3.63) is 35.9 Å². The minimum atomic E-state index is 0.276. The Kier molecular flexibility index (Phi) is 6.15. The number of benzene rings is 1. The van der Waals surface area contributed by atoms with Crippen molar-refractivity contribution >= 4 is 21.6 Å². The first kappa shape index (κ1) is 11.0. The van der Waals surface area contributed by atoms with E-state index in [1.807, 2.05) is 22.9 Å². The first-order valence-electron chi connectivity index (χ1n) is 4.24. The zero-order chi connectivity index (χ0) is 9.36. The fraction of sp³-hybridized carbons (Fsp3) is 0.400. The smallest absolute Gasteiger partial charge is 0.0530 e. The van der Waals surface area contributed by atoms with E-state index in [0.29, 0.717) is 0 Å². The summed E-state index contributed by atoms with van der Waals surface area (Å²) in [5, 5.41) is 8.54. The van der Waals surface area contributed by atoms with Gasteiger partial charge in [-0.2, -0.15) is 0 Å². The van der Waals surface area contributed by atoms with Gasteiger partial charge in [0.05, 0.1) is 6.61 Å². The molecule has 0 heterocycles. The number of rotatable bonds is 6. The summed E-state index contributed by atoms with van der Waals surface area (Å²) in [4.78, 5) is 0. The average molecular weight is 213 g/mol. The quantitative estimate of drug-likeness (QED) is 0.579. The summed E-state index contributed by atoms with van der Waals surface area (Å²) in [6.07, 6.45) is 1.10. The van der Waals surface area contributed by atoms with E-state index in [4.69, 9.17) is 5.11 Å². The van der Waals surface area contributed by atoms with E-state index < -0.39 is 0 Å². The molecule has 1 nitrogen and oxygen atoms in total. The number of aliphatic hydroxyl groups excluding tert-OH is 1. The summed E-state index contributed by atoms with van der Waals surface area (Å²) in [5.41, 5.74) is 1.36. The van der Waals surface area contributed by atoms with Crippen LogP contribution >= 0.6 is 21.6 Å². The highest BCUT2D eigenvalue weighted by Crippen LogP contribution is 2.21. The molecule has 13 heavy (non-hydrogen) atoms. The summed E-state index contributed by atoms with van der Waals surface area (Å²) in [5.74, 6) is 1.93. The van der Waals surface area contributed by atoms with Gasteiger partial charge in [-0.15, -0.1) is 0 Å². The first-order chi connectivity index (χ1) is 6.43. The number of aliphatic hydroxyl groups is 1. The van der Waals surface area contributed by atoms with E-state index in [0.717, 1.165) is 17.9 Å². The lowest BCUT2D eigenvalue weighted by molar-refractivity contribution is 0.323. The molecule has 0 saturated heterocycles. The summed E-state index contributed by atoms with van der Waals surface area (Å²) in [7, 11) is 3.55. The van der Waals surface area contributed by atoms with Crippen molar-refractivity contribution < 1.29 is 5.11 Å². The molecule has 0 aliphatic heterocycles. The predicted octanol–water partition coefficient (Wildman–Crippen LogP) is 2.40. The molecule has 0 bridgehead atoms. The normalized spacial score (nSPS) is 10.2. The molecule has 1 aromatic carbocycles. The second kappa shape index (κ2) is 7.30. The molecule has 1 radical (unpaired) electrons. The van der Waals surface area contributed by atoms with Gasteiger partial charge in [0.25, 0.3) is 0 Å². The van der Waals surface area contributed by atoms with E-state index in [2.05, 4.69) is 18.2 Å². The lowest BCUT2D eigenvalue weighted by Crippen LogP contribution is -1.87. The van der Waals surface area contributed by atoms with E-state index in [1.54, 1.807) is 10.8 Å². The fourth-order valence-corrected chi connectivity index (χ4v) is 2.71. The Bertz CT molecular complexity index is 213. The zero-order valence-electron chi connectivity index (χ0n) is 7.40. The zero-order valence-corrected chi connectivity index (χ0v) is 9.03. The Hall–Kier alpha value is -0.120. The fourth-order valence-electron chi connectivity index (χ4n) is 0.903. The van der Waals surface area contributed by atoms with Crippen molar-refractivity contribution in [3.8, 4) is 0 Å². The topological polar surface area (TPSA) is 20.2 Å². The molecular formula is C10H13OS2. The van der Waals surface area contributed by atoms with Crippen molar-refractivity contribution in [1.29, 1.82) is 0 Å². The second-order valence-corrected chi connectivity index (χ2v) is 5.23. The Morgan fingerprint density at radius 3 is 2.54 bits per heavy atom. The van der Waals surface area contributed by atoms with E-state index >= 15 is 0 Å². The maximum Gasteiger partial charge on any atom is 0.0530 e. The molecule has 0 aliphatic rings. The molecule has 71 valence electrons. The van der Waals surface area contributed by atoms with Gasteiger partial charge in [-0.3, -0.25) is 0 Å². The van der Waals surface area contributed by atoms with Crippen LogP contribution in [0.3, 0.4) is 0 Å². The van der Waals surface area contributed by atoms with Crippen molar-refractivity contribution in [2.24, 2.45) is 0 Å². The van der Waals surface area contributed by atoms with Crippen LogP contribution in [-0.2, 0) is 6.42 Å². The minimum Gasteiger partial charge on any atom is -0.395 e. The molecule has 1 aromatic rings. The Morgan fingerprint density at radius 2 is 1.85 bits per heavy atom. The molecule has 0 atom stereocenters. The summed E-state index contributed by atoms with van der Waals surface area (Å²) in [6, 6.07) is 11.1. The van der Waals surface area contributed by atoms with E-state index in [1.165, 1.54) is 5.56 Å². The van der Waals surface area contributed by atoms with Gasteiger partial charge in [0.2, 0.25) is 0 Å². The van der Waals surface area contributed by atoms with Crippen molar-refractivity contribution in [2.45, 2.75) is 6.42 Å². The average Bonchev–Trinajstić information content (AvgIpc) is 2.19. The maximum atomic E-state index is 8.54. The summed E-state index contributed by atoms with van der Waals surface area (Å²) < 4.78 is 0. The Labute approximate surface area is 87.3 Å². The van der Waals surface area contributed by atoms with Gasteiger partial charge in [0.1, 0.15) is 0 Å². The molecule has 0 amide bonds. The second-order valence-electron chi connectivity index (χ2n) is 2.53. The van der Waals surface area contributed by atoms with Crippen LogP contribution in [0.5, 0.6) is 0 Å². The summed E-state index contributed by atoms with van der Waals surface area (Å²) >= 11 is 0. The number of hydrogen-bond acceptors (Lipinski definition) is 3. The van der Waals surface area contributed by atoms with Crippen molar-refractivity contribution in [3.63, 3.8) is 0 Å². The third-order valence-electron chi connectivity index (χ3n) is 1.52. The van der Waals surface area contributed by atoms with Gasteiger partial charge < -0.3 is 5.11 Å². The van der Waals surface area contributed by atoms with Crippen LogP contribution in [-0.4, -0.2) is 23.2 Å². The highest BCUT2D eigenvalue weighted by molar-refractivity contribution is 8.76. The minimum absolute atomic E-state index is 0.276. The molecule has 0 spiro atoms. The van der Waals surface area contributed by atoms with Crippen LogP contribution in [0.15, 0.2) is 24.3 Å². The molecule has 0 aromatic heterocycles. The van der Waals surface area contributed by atoms with Crippen LogP contribution in [0, 0.1) is 6.07 Å². The van der Waals surface area contributed by atoms with Gasteiger partial charge in [-0.25, -0.2) is 0 Å². The van der Waals surface area contributed by atoms with E-state index in [-0.39, 0.29) is 6.61 Å². The van der Waals surface area contributed by atoms with Crippen LogP contribution < -0.4 is 0 Å². The molecule has 0 fully saturated rings. The number of aryl methyl sites for hydroxylation is 1. The van der Waals surface area contributed by atoms with Crippen molar-refractivity contribution in [2.75, 3.05) is 18.1 Å². The highest BCUT2D eigenvalue weighted by atomic mass is 33.1. The van der Waals surface area contributed by atoms with Gasteiger partial charge in [0.15, 0.2) is 0 Å². The molecule has 1 rings (SSSR count). The number of hydrogen-bond donors (Lipinski definition) is 1. The van der Waals surface area contributed by atoms with Crippen LogP contribution in [0.2, 0.25) is 0 Å². The molecule has 0 saturated carbocycles. The summed E-state index contributed by atoms with van der Waals surface area (Å²) in [6.45, 7) is 0.276. The molecule has 0 unspecified atom stereocenters. The Balaban J connectivity index is 2.07. The van der Waals surface area contributed by atoms with Crippen molar-refractivity contribution in [1.82, 2.24) is 0 Å². The highest BCUT2D eigenvalue weighted by Gasteiger charge is 1.92. The SMILES string of the molecule is OCCSSCCc1cc[c]cc1. The standard InChI is InChI=1S/C10H13OS2/c11-7-9-13-12-8-6-10-4-2-1-3-5-10/h2-5,11H,6-9H2. The lowest BCUT2D eigenvalue weighted by Gasteiger charge is -1.99. The maximum absolute atomic E-state index is 8.54. The Morgan fingerprint density at radius 1 is 1.15 bits per heavy atom. The van der Waals surface area contributed by atoms with Crippen LogP contribution in [0.25, 0.3) is 0 Å². The van der Waals surface area contributed by atoms with Gasteiger partial charge in [-0.05, 0) is 18.1 Å². The molecule has 0 aliphatic carbocycles. The monoisotopic (exact) mass is 213 g/mol. The third kappa shape index (κ3) is 5.24. The largest absolute Gasteiger partial charge is 0.395 e. The third-order valence-corrected chi connectivity index (χ3v) is 3.91. The van der Waals surface area contributed by atoms with Gasteiger partial charge in [0, 0.05) is 11.5 Å². The molecular weight excluding hydrogens is 200 g/mol.